The molecule has 128 valence electrons. The van der Waals surface area contributed by atoms with E-state index in [1.807, 2.05) is 12.1 Å². The molecule has 2 nitrogen and oxygen atoms in total. The highest BCUT2D eigenvalue weighted by Gasteiger charge is 2.12. The van der Waals surface area contributed by atoms with Crippen molar-refractivity contribution in [3.05, 3.63) is 70.8 Å². The second-order valence-electron chi connectivity index (χ2n) is 7.17. The minimum atomic E-state index is 0.0944. The Morgan fingerprint density at radius 1 is 0.840 bits per heavy atom. The third-order valence-corrected chi connectivity index (χ3v) is 5.42. The normalized spacial score (nSPS) is 17.0. The molecule has 0 aromatic heterocycles. The molecule has 0 N–H and O–H groups in total. The van der Waals surface area contributed by atoms with Crippen molar-refractivity contribution in [2.24, 2.45) is 0 Å². The lowest BCUT2D eigenvalue weighted by Gasteiger charge is -2.17. The van der Waals surface area contributed by atoms with E-state index < -0.39 is 0 Å². The van der Waals surface area contributed by atoms with Gasteiger partial charge in [0.25, 0.3) is 0 Å². The van der Waals surface area contributed by atoms with E-state index in [2.05, 4.69) is 41.3 Å². The van der Waals surface area contributed by atoms with E-state index >= 15 is 0 Å². The number of fused-ring (bicyclic) bond motifs is 1. The monoisotopic (exact) mass is 331 g/mol. The predicted molar refractivity (Wildman–Crippen MR) is 104 cm³/mol. The molecule has 1 aliphatic carbocycles. The van der Waals surface area contributed by atoms with E-state index in [9.17, 15) is 4.79 Å². The Morgan fingerprint density at radius 3 is 2.32 bits per heavy atom. The van der Waals surface area contributed by atoms with Crippen LogP contribution < -0.4 is 4.90 Å². The summed E-state index contributed by atoms with van der Waals surface area (Å²) in [6.07, 6.45) is 11.0. The molecule has 25 heavy (non-hydrogen) atoms. The first-order chi connectivity index (χ1) is 12.3. The Morgan fingerprint density at radius 2 is 1.56 bits per heavy atom. The Kier molecular flexibility index (Phi) is 4.69. The fourth-order valence-corrected chi connectivity index (χ4v) is 3.93. The first-order valence-corrected chi connectivity index (χ1v) is 9.49. The van der Waals surface area contributed by atoms with Gasteiger partial charge < -0.3 is 4.90 Å². The fraction of sp³-hybridized carbons (Fsp3) is 0.348. The number of hydrogen-bond acceptors (Lipinski definition) is 2. The molecule has 2 aliphatic rings. The van der Waals surface area contributed by atoms with E-state index in [0.717, 1.165) is 37.1 Å². The maximum atomic E-state index is 12.5. The van der Waals surface area contributed by atoms with Gasteiger partial charge in [0, 0.05) is 24.3 Å². The molecule has 0 unspecified atom stereocenters. The van der Waals surface area contributed by atoms with Gasteiger partial charge in [-0.2, -0.15) is 0 Å². The molecule has 0 spiro atoms. The van der Waals surface area contributed by atoms with Crippen LogP contribution in [0.3, 0.4) is 0 Å². The summed E-state index contributed by atoms with van der Waals surface area (Å²) in [6, 6.07) is 14.7. The average Bonchev–Trinajstić information content (AvgIpc) is 3.21. The Hall–Kier alpha value is -2.35. The van der Waals surface area contributed by atoms with Crippen LogP contribution in [0, 0.1) is 0 Å². The van der Waals surface area contributed by atoms with Crippen LogP contribution in [0.2, 0.25) is 0 Å². The van der Waals surface area contributed by atoms with Crippen molar-refractivity contribution >= 4 is 17.5 Å². The van der Waals surface area contributed by atoms with Gasteiger partial charge in [0.1, 0.15) is 0 Å². The van der Waals surface area contributed by atoms with Crippen molar-refractivity contribution in [1.82, 2.24) is 0 Å². The molecule has 2 aromatic carbocycles. The summed E-state index contributed by atoms with van der Waals surface area (Å²) in [6.45, 7) is 2.32. The summed E-state index contributed by atoms with van der Waals surface area (Å²) in [5.41, 5.74) is 5.96. The van der Waals surface area contributed by atoms with Gasteiger partial charge in [0.15, 0.2) is 5.78 Å². The first kappa shape index (κ1) is 16.1. The van der Waals surface area contributed by atoms with Crippen LogP contribution in [0.5, 0.6) is 0 Å². The predicted octanol–water partition coefficient (Wildman–Crippen LogP) is 5.06. The van der Waals surface area contributed by atoms with E-state index in [0.29, 0.717) is 0 Å². The smallest absolute Gasteiger partial charge is 0.185 e. The van der Waals surface area contributed by atoms with Crippen LogP contribution in [-0.2, 0) is 12.8 Å². The fourth-order valence-electron chi connectivity index (χ4n) is 3.93. The Labute approximate surface area is 150 Å². The minimum Gasteiger partial charge on any atom is -0.372 e. The molecular formula is C23H25NO. The van der Waals surface area contributed by atoms with Gasteiger partial charge in [0.05, 0.1) is 0 Å². The third kappa shape index (κ3) is 3.68. The number of aryl methyl sites for hydroxylation is 2. The molecule has 1 heterocycles. The zero-order chi connectivity index (χ0) is 17.1. The summed E-state index contributed by atoms with van der Waals surface area (Å²) >= 11 is 0. The van der Waals surface area contributed by atoms with Crippen LogP contribution in [0.1, 0.15) is 52.7 Å². The summed E-state index contributed by atoms with van der Waals surface area (Å²) in [5.74, 6) is 0.0944. The molecule has 0 saturated carbocycles. The molecule has 2 heteroatoms. The minimum absolute atomic E-state index is 0.0944. The summed E-state index contributed by atoms with van der Waals surface area (Å²) in [4.78, 5) is 14.9. The number of ketones is 1. The lowest BCUT2D eigenvalue weighted by atomic mass is 9.90. The van der Waals surface area contributed by atoms with Crippen molar-refractivity contribution in [2.75, 3.05) is 18.0 Å². The van der Waals surface area contributed by atoms with Crippen molar-refractivity contribution in [1.29, 1.82) is 0 Å². The molecule has 0 radical (unpaired) electrons. The van der Waals surface area contributed by atoms with Crippen molar-refractivity contribution < 1.29 is 4.79 Å². The molecule has 1 fully saturated rings. The second-order valence-corrected chi connectivity index (χ2v) is 7.17. The van der Waals surface area contributed by atoms with Gasteiger partial charge in [-0.3, -0.25) is 4.79 Å². The van der Waals surface area contributed by atoms with E-state index in [4.69, 9.17) is 0 Å². The number of nitrogens with zero attached hydrogens (tertiary/aromatic N) is 1. The van der Waals surface area contributed by atoms with Crippen LogP contribution >= 0.6 is 0 Å². The molecule has 2 aromatic rings. The number of benzene rings is 2. The van der Waals surface area contributed by atoms with Gasteiger partial charge in [-0.1, -0.05) is 30.3 Å². The molecule has 4 rings (SSSR count). The van der Waals surface area contributed by atoms with Crippen molar-refractivity contribution in [2.45, 2.75) is 38.5 Å². The zero-order valence-electron chi connectivity index (χ0n) is 14.7. The number of carbonyl (C=O) groups excluding carboxylic acids is 1. The van der Waals surface area contributed by atoms with Crippen molar-refractivity contribution in [3.8, 4) is 0 Å². The number of anilines is 1. The molecule has 0 bridgehead atoms. The highest BCUT2D eigenvalue weighted by Crippen LogP contribution is 2.23. The molecule has 0 amide bonds. The van der Waals surface area contributed by atoms with E-state index in [1.54, 1.807) is 6.08 Å². The van der Waals surface area contributed by atoms with Crippen LogP contribution in [0.15, 0.2) is 48.5 Å². The lowest BCUT2D eigenvalue weighted by Crippen LogP contribution is -2.17. The SMILES string of the molecule is O=C(/C=C/c1ccc(N2CCCC2)cc1)c1ccc2c(c1)CCCC2. The van der Waals surface area contributed by atoms with Crippen LogP contribution in [0.4, 0.5) is 5.69 Å². The first-order valence-electron chi connectivity index (χ1n) is 9.49. The Balaban J connectivity index is 1.45. The van der Waals surface area contributed by atoms with Gasteiger partial charge >= 0.3 is 0 Å². The number of hydrogen-bond donors (Lipinski definition) is 0. The molecular weight excluding hydrogens is 306 g/mol. The molecule has 1 aliphatic heterocycles. The average molecular weight is 331 g/mol. The summed E-state index contributed by atoms with van der Waals surface area (Å²) < 4.78 is 0. The number of allylic oxidation sites excluding steroid dienone is 1. The van der Waals surface area contributed by atoms with Gasteiger partial charge in [-0.15, -0.1) is 0 Å². The summed E-state index contributed by atoms with van der Waals surface area (Å²) in [5, 5.41) is 0. The van der Waals surface area contributed by atoms with Gasteiger partial charge in [0.2, 0.25) is 0 Å². The van der Waals surface area contributed by atoms with Crippen LogP contribution in [-0.4, -0.2) is 18.9 Å². The maximum Gasteiger partial charge on any atom is 0.185 e. The van der Waals surface area contributed by atoms with E-state index in [-0.39, 0.29) is 5.78 Å². The maximum absolute atomic E-state index is 12.5. The highest BCUT2D eigenvalue weighted by atomic mass is 16.1. The number of rotatable bonds is 4. The van der Waals surface area contributed by atoms with Crippen LogP contribution in [0.25, 0.3) is 6.08 Å². The van der Waals surface area contributed by atoms with Gasteiger partial charge in [-0.05, 0) is 79.5 Å². The van der Waals surface area contributed by atoms with Gasteiger partial charge in [-0.25, -0.2) is 0 Å². The van der Waals surface area contributed by atoms with Crippen molar-refractivity contribution in [3.63, 3.8) is 0 Å². The quantitative estimate of drug-likeness (QED) is 0.576. The highest BCUT2D eigenvalue weighted by molar-refractivity contribution is 6.07. The second kappa shape index (κ2) is 7.26. The zero-order valence-corrected chi connectivity index (χ0v) is 14.7. The third-order valence-electron chi connectivity index (χ3n) is 5.42. The molecule has 0 atom stereocenters. The molecule has 1 saturated heterocycles. The largest absolute Gasteiger partial charge is 0.372 e. The van der Waals surface area contributed by atoms with E-state index in [1.165, 1.54) is 42.5 Å². The standard InChI is InChI=1S/C23H25NO/c25-23(21-11-10-19-5-1-2-6-20(19)17-21)14-9-18-7-12-22(13-8-18)24-15-3-4-16-24/h7-14,17H,1-6,15-16H2/b14-9+. The number of carbonyl (C=O) groups is 1. The summed E-state index contributed by atoms with van der Waals surface area (Å²) in [7, 11) is 0. The Bertz CT molecular complexity index is 782. The lowest BCUT2D eigenvalue weighted by molar-refractivity contribution is 0.104. The topological polar surface area (TPSA) is 20.3 Å².